The quantitative estimate of drug-likeness (QED) is 0.644. The minimum atomic E-state index is -0.110. The number of aromatic nitrogens is 1. The first-order valence-corrected chi connectivity index (χ1v) is 7.07. The van der Waals surface area contributed by atoms with Crippen LogP contribution in [0.15, 0.2) is 59.4 Å². The lowest BCUT2D eigenvalue weighted by molar-refractivity contribution is 1.01. The van der Waals surface area contributed by atoms with E-state index in [1.807, 2.05) is 48.5 Å². The van der Waals surface area contributed by atoms with Crippen LogP contribution >= 0.6 is 23.2 Å². The lowest BCUT2D eigenvalue weighted by Crippen LogP contribution is -2.22. The van der Waals surface area contributed by atoms with Gasteiger partial charge in [0, 0.05) is 16.3 Å². The van der Waals surface area contributed by atoms with Crippen LogP contribution < -0.4 is 5.56 Å². The standard InChI is InChI=1S/C16H11Cl2NO/c17-10-12-8-11-6-7-13(18)9-15(11)19(16(12)20)14-4-2-1-3-5-14/h1-9H,10H2. The summed E-state index contributed by atoms with van der Waals surface area (Å²) in [6, 6.07) is 16.8. The summed E-state index contributed by atoms with van der Waals surface area (Å²) in [6.07, 6.45) is 0. The Hall–Kier alpha value is -1.77. The molecule has 4 heteroatoms. The van der Waals surface area contributed by atoms with Crippen molar-refractivity contribution in [2.45, 2.75) is 5.88 Å². The predicted octanol–water partition coefficient (Wildman–Crippen LogP) is 4.38. The average molecular weight is 304 g/mol. The molecule has 0 aliphatic heterocycles. The summed E-state index contributed by atoms with van der Waals surface area (Å²) in [7, 11) is 0. The Bertz CT molecular complexity index is 825. The van der Waals surface area contributed by atoms with Gasteiger partial charge in [-0.15, -0.1) is 11.6 Å². The van der Waals surface area contributed by atoms with Crippen LogP contribution in [0.25, 0.3) is 16.6 Å². The molecule has 0 amide bonds. The third kappa shape index (κ3) is 2.21. The molecule has 0 radical (unpaired) electrons. The molecule has 1 aromatic heterocycles. The fraction of sp³-hybridized carbons (Fsp3) is 0.0625. The zero-order valence-electron chi connectivity index (χ0n) is 10.5. The van der Waals surface area contributed by atoms with Crippen molar-refractivity contribution in [3.8, 4) is 5.69 Å². The molecule has 20 heavy (non-hydrogen) atoms. The molecule has 0 spiro atoms. The fourth-order valence-electron chi connectivity index (χ4n) is 2.26. The van der Waals surface area contributed by atoms with Crippen molar-refractivity contribution in [2.24, 2.45) is 0 Å². The van der Waals surface area contributed by atoms with Crippen molar-refractivity contribution in [3.05, 3.63) is 75.5 Å². The summed E-state index contributed by atoms with van der Waals surface area (Å²) in [5.41, 5.74) is 2.05. The molecule has 0 fully saturated rings. The van der Waals surface area contributed by atoms with Gasteiger partial charge in [-0.2, -0.15) is 0 Å². The van der Waals surface area contributed by atoms with E-state index in [1.165, 1.54) is 0 Å². The van der Waals surface area contributed by atoms with Gasteiger partial charge in [0.15, 0.2) is 0 Å². The molecule has 2 nitrogen and oxygen atoms in total. The molecule has 0 aliphatic rings. The molecule has 0 saturated carbocycles. The maximum atomic E-state index is 12.6. The second-order valence-electron chi connectivity index (χ2n) is 4.48. The molecular formula is C16H11Cl2NO. The minimum Gasteiger partial charge on any atom is -0.277 e. The van der Waals surface area contributed by atoms with E-state index in [9.17, 15) is 4.79 Å². The highest BCUT2D eigenvalue weighted by Crippen LogP contribution is 2.22. The van der Waals surface area contributed by atoms with Crippen LogP contribution in [0.5, 0.6) is 0 Å². The Labute approximate surface area is 126 Å². The lowest BCUT2D eigenvalue weighted by Gasteiger charge is -2.12. The van der Waals surface area contributed by atoms with Gasteiger partial charge in [0.05, 0.1) is 11.4 Å². The highest BCUT2D eigenvalue weighted by Gasteiger charge is 2.10. The third-order valence-corrected chi connectivity index (χ3v) is 3.72. The van der Waals surface area contributed by atoms with Gasteiger partial charge in [-0.25, -0.2) is 0 Å². The van der Waals surface area contributed by atoms with Crippen molar-refractivity contribution in [3.63, 3.8) is 0 Å². The minimum absolute atomic E-state index is 0.110. The number of alkyl halides is 1. The first-order valence-electron chi connectivity index (χ1n) is 6.16. The second-order valence-corrected chi connectivity index (χ2v) is 5.19. The molecule has 100 valence electrons. The molecule has 0 bridgehead atoms. The number of hydrogen-bond acceptors (Lipinski definition) is 1. The summed E-state index contributed by atoms with van der Waals surface area (Å²) in [5, 5.41) is 1.54. The Kier molecular flexibility index (Phi) is 3.51. The second kappa shape index (κ2) is 5.31. The van der Waals surface area contributed by atoms with Gasteiger partial charge in [-0.3, -0.25) is 9.36 Å². The van der Waals surface area contributed by atoms with Crippen LogP contribution in [0.1, 0.15) is 5.56 Å². The van der Waals surface area contributed by atoms with E-state index in [0.29, 0.717) is 10.6 Å². The molecule has 0 unspecified atom stereocenters. The average Bonchev–Trinajstić information content (AvgIpc) is 2.47. The fourth-order valence-corrected chi connectivity index (χ4v) is 2.62. The zero-order chi connectivity index (χ0) is 14.1. The van der Waals surface area contributed by atoms with E-state index in [1.54, 1.807) is 10.6 Å². The molecule has 0 saturated heterocycles. The van der Waals surface area contributed by atoms with Crippen molar-refractivity contribution in [1.82, 2.24) is 4.57 Å². The highest BCUT2D eigenvalue weighted by molar-refractivity contribution is 6.31. The number of hydrogen-bond donors (Lipinski definition) is 0. The number of pyridine rings is 1. The topological polar surface area (TPSA) is 22.0 Å². The van der Waals surface area contributed by atoms with E-state index in [2.05, 4.69) is 0 Å². The highest BCUT2D eigenvalue weighted by atomic mass is 35.5. The zero-order valence-corrected chi connectivity index (χ0v) is 12.0. The maximum absolute atomic E-state index is 12.6. The molecule has 1 heterocycles. The third-order valence-electron chi connectivity index (χ3n) is 3.20. The van der Waals surface area contributed by atoms with E-state index >= 15 is 0 Å². The summed E-state index contributed by atoms with van der Waals surface area (Å²) in [5.74, 6) is 0.185. The van der Waals surface area contributed by atoms with Gasteiger partial charge in [-0.1, -0.05) is 35.9 Å². The number of fused-ring (bicyclic) bond motifs is 1. The Morgan fingerprint density at radius 3 is 2.45 bits per heavy atom. The SMILES string of the molecule is O=c1c(CCl)cc2ccc(Cl)cc2n1-c1ccccc1. The summed E-state index contributed by atoms with van der Waals surface area (Å²) >= 11 is 11.9. The van der Waals surface area contributed by atoms with Crippen LogP contribution in [0.2, 0.25) is 5.02 Å². The van der Waals surface area contributed by atoms with Gasteiger partial charge < -0.3 is 0 Å². The smallest absolute Gasteiger partial charge is 0.260 e. The van der Waals surface area contributed by atoms with Crippen LogP contribution in [0.4, 0.5) is 0 Å². The Morgan fingerprint density at radius 2 is 1.75 bits per heavy atom. The predicted molar refractivity (Wildman–Crippen MR) is 84.1 cm³/mol. The molecule has 3 rings (SSSR count). The van der Waals surface area contributed by atoms with Gasteiger partial charge >= 0.3 is 0 Å². The molecule has 0 atom stereocenters. The van der Waals surface area contributed by atoms with Crippen LogP contribution in [-0.4, -0.2) is 4.57 Å². The largest absolute Gasteiger partial charge is 0.277 e. The lowest BCUT2D eigenvalue weighted by atomic mass is 10.1. The van der Waals surface area contributed by atoms with Crippen LogP contribution in [0.3, 0.4) is 0 Å². The molecule has 0 N–H and O–H groups in total. The number of halogens is 2. The molecular weight excluding hydrogens is 293 g/mol. The number of benzene rings is 2. The van der Waals surface area contributed by atoms with E-state index in [0.717, 1.165) is 16.6 Å². The molecule has 3 aromatic rings. The summed E-state index contributed by atoms with van der Waals surface area (Å²) in [6.45, 7) is 0. The van der Waals surface area contributed by atoms with Gasteiger partial charge in [0.2, 0.25) is 0 Å². The first kappa shape index (κ1) is 13.2. The van der Waals surface area contributed by atoms with Crippen LogP contribution in [0, 0.1) is 0 Å². The first-order chi connectivity index (χ1) is 9.70. The van der Waals surface area contributed by atoms with Gasteiger partial charge in [0.1, 0.15) is 0 Å². The normalized spacial score (nSPS) is 10.9. The van der Waals surface area contributed by atoms with E-state index in [4.69, 9.17) is 23.2 Å². The van der Waals surface area contributed by atoms with E-state index < -0.39 is 0 Å². The van der Waals surface area contributed by atoms with E-state index in [-0.39, 0.29) is 11.4 Å². The van der Waals surface area contributed by atoms with Crippen molar-refractivity contribution in [1.29, 1.82) is 0 Å². The van der Waals surface area contributed by atoms with Crippen molar-refractivity contribution >= 4 is 34.1 Å². The molecule has 0 aliphatic carbocycles. The summed E-state index contributed by atoms with van der Waals surface area (Å²) < 4.78 is 1.65. The number of rotatable bonds is 2. The van der Waals surface area contributed by atoms with Crippen LogP contribution in [-0.2, 0) is 5.88 Å². The maximum Gasteiger partial charge on any atom is 0.260 e. The van der Waals surface area contributed by atoms with Gasteiger partial charge in [-0.05, 0) is 35.7 Å². The summed E-state index contributed by atoms with van der Waals surface area (Å²) in [4.78, 5) is 12.6. The Morgan fingerprint density at radius 1 is 1.00 bits per heavy atom. The Balaban J connectivity index is 2.47. The monoisotopic (exact) mass is 303 g/mol. The number of nitrogens with zero attached hydrogens (tertiary/aromatic N) is 1. The number of para-hydroxylation sites is 1. The van der Waals surface area contributed by atoms with Crippen molar-refractivity contribution < 1.29 is 0 Å². The van der Waals surface area contributed by atoms with Crippen molar-refractivity contribution in [2.75, 3.05) is 0 Å². The van der Waals surface area contributed by atoms with Gasteiger partial charge in [0.25, 0.3) is 5.56 Å². The molecule has 2 aromatic carbocycles.